The average Bonchev–Trinajstić information content (AvgIpc) is 3.09. The van der Waals surface area contributed by atoms with Crippen LogP contribution in [0, 0.1) is 12.7 Å². The van der Waals surface area contributed by atoms with E-state index in [0.717, 1.165) is 6.07 Å². The standard InChI is InChI=1S/C19H17FN4O3/c1-10-16(17(21)24(23-10)12-4-6-13(27-2)7-5-12)19(26)14-9-11(20)3-8-15(14)22-18(19)25/h3-9,26H,21H2,1-2H3,(H,22,25)/t19-/m0/s1. The van der Waals surface area contributed by atoms with Gasteiger partial charge in [-0.05, 0) is 49.4 Å². The number of aromatic nitrogens is 2. The largest absolute Gasteiger partial charge is 0.497 e. The summed E-state index contributed by atoms with van der Waals surface area (Å²) in [5.41, 5.74) is 5.69. The molecule has 0 saturated heterocycles. The van der Waals surface area contributed by atoms with Crippen LogP contribution in [0.15, 0.2) is 42.5 Å². The van der Waals surface area contributed by atoms with Crippen LogP contribution < -0.4 is 15.8 Å². The zero-order chi connectivity index (χ0) is 19.3. The van der Waals surface area contributed by atoms with Gasteiger partial charge in [0, 0.05) is 11.3 Å². The number of nitrogens with zero attached hydrogens (tertiary/aromatic N) is 2. The van der Waals surface area contributed by atoms with E-state index in [-0.39, 0.29) is 16.9 Å². The summed E-state index contributed by atoms with van der Waals surface area (Å²) in [6, 6.07) is 10.7. The maximum absolute atomic E-state index is 13.8. The monoisotopic (exact) mass is 368 g/mol. The number of anilines is 2. The second-order valence-corrected chi connectivity index (χ2v) is 6.31. The van der Waals surface area contributed by atoms with E-state index in [0.29, 0.717) is 22.8 Å². The number of ether oxygens (including phenoxy) is 1. The Morgan fingerprint density at radius 1 is 1.26 bits per heavy atom. The molecule has 3 aromatic rings. The van der Waals surface area contributed by atoms with E-state index in [1.165, 1.54) is 16.8 Å². The minimum Gasteiger partial charge on any atom is -0.497 e. The minimum absolute atomic E-state index is 0.0902. The zero-order valence-corrected chi connectivity index (χ0v) is 14.7. The third-order valence-electron chi connectivity index (χ3n) is 4.72. The number of halogens is 1. The van der Waals surface area contributed by atoms with Gasteiger partial charge >= 0.3 is 0 Å². The SMILES string of the molecule is COc1ccc(-n2nc(C)c([C@]3(O)C(=O)Nc4ccc(F)cc43)c2N)cc1. The molecule has 0 radical (unpaired) electrons. The van der Waals surface area contributed by atoms with Gasteiger partial charge in [0.2, 0.25) is 5.60 Å². The van der Waals surface area contributed by atoms with Crippen LogP contribution in [0.5, 0.6) is 5.75 Å². The maximum atomic E-state index is 13.8. The molecule has 8 heteroatoms. The molecule has 1 amide bonds. The first kappa shape index (κ1) is 17.0. The molecule has 1 atom stereocenters. The molecule has 1 aliphatic rings. The lowest BCUT2D eigenvalue weighted by atomic mass is 9.87. The summed E-state index contributed by atoms with van der Waals surface area (Å²) in [5.74, 6) is -0.512. The Bertz CT molecular complexity index is 1060. The molecule has 7 nitrogen and oxygen atoms in total. The summed E-state index contributed by atoms with van der Waals surface area (Å²) in [5, 5.41) is 18.2. The topological polar surface area (TPSA) is 102 Å². The lowest BCUT2D eigenvalue weighted by molar-refractivity contribution is -0.129. The first-order valence-electron chi connectivity index (χ1n) is 8.20. The van der Waals surface area contributed by atoms with Crippen LogP contribution in [0.4, 0.5) is 15.9 Å². The Morgan fingerprint density at radius 2 is 1.96 bits per heavy atom. The highest BCUT2D eigenvalue weighted by Gasteiger charge is 2.50. The molecule has 0 bridgehead atoms. The number of methoxy groups -OCH3 is 1. The second kappa shape index (κ2) is 5.82. The molecular weight excluding hydrogens is 351 g/mol. The fourth-order valence-corrected chi connectivity index (χ4v) is 3.42. The van der Waals surface area contributed by atoms with Gasteiger partial charge in [-0.15, -0.1) is 0 Å². The van der Waals surface area contributed by atoms with Gasteiger partial charge in [-0.2, -0.15) is 5.10 Å². The number of fused-ring (bicyclic) bond motifs is 1. The molecule has 27 heavy (non-hydrogen) atoms. The van der Waals surface area contributed by atoms with E-state index >= 15 is 0 Å². The molecule has 1 aromatic heterocycles. The average molecular weight is 368 g/mol. The van der Waals surface area contributed by atoms with Gasteiger partial charge in [0.15, 0.2) is 0 Å². The van der Waals surface area contributed by atoms with Gasteiger partial charge in [-0.3, -0.25) is 4.79 Å². The molecule has 0 aliphatic carbocycles. The van der Waals surface area contributed by atoms with Crippen molar-refractivity contribution in [3.63, 3.8) is 0 Å². The molecule has 138 valence electrons. The molecule has 0 spiro atoms. The predicted octanol–water partition coefficient (Wildman–Crippen LogP) is 2.10. The van der Waals surface area contributed by atoms with Gasteiger partial charge in [-0.25, -0.2) is 9.07 Å². The Kier molecular flexibility index (Phi) is 3.67. The first-order valence-corrected chi connectivity index (χ1v) is 8.20. The molecule has 4 N–H and O–H groups in total. The lowest BCUT2D eigenvalue weighted by Crippen LogP contribution is -2.36. The van der Waals surface area contributed by atoms with Gasteiger partial charge in [0.05, 0.1) is 24.1 Å². The van der Waals surface area contributed by atoms with Crippen LogP contribution in [0.3, 0.4) is 0 Å². The molecule has 0 saturated carbocycles. The Morgan fingerprint density at radius 3 is 2.63 bits per heavy atom. The van der Waals surface area contributed by atoms with E-state index in [1.807, 2.05) is 0 Å². The molecule has 0 unspecified atom stereocenters. The molecule has 2 aromatic carbocycles. The van der Waals surface area contributed by atoms with Crippen molar-refractivity contribution in [2.75, 3.05) is 18.2 Å². The number of nitrogens with two attached hydrogens (primary N) is 1. The van der Waals surface area contributed by atoms with Gasteiger partial charge in [0.1, 0.15) is 17.4 Å². The van der Waals surface area contributed by atoms with Gasteiger partial charge in [0.25, 0.3) is 5.91 Å². The van der Waals surface area contributed by atoms with Crippen molar-refractivity contribution in [3.8, 4) is 11.4 Å². The van der Waals surface area contributed by atoms with Crippen molar-refractivity contribution >= 4 is 17.4 Å². The normalized spacial score (nSPS) is 18.3. The van der Waals surface area contributed by atoms with Gasteiger partial charge < -0.3 is 20.9 Å². The highest BCUT2D eigenvalue weighted by molar-refractivity contribution is 6.08. The van der Waals surface area contributed by atoms with Crippen LogP contribution in [0.2, 0.25) is 0 Å². The second-order valence-electron chi connectivity index (χ2n) is 6.31. The number of carbonyl (C=O) groups is 1. The Balaban J connectivity index is 1.89. The van der Waals surface area contributed by atoms with Gasteiger partial charge in [-0.1, -0.05) is 0 Å². The van der Waals surface area contributed by atoms with Crippen LogP contribution in [0.1, 0.15) is 16.8 Å². The van der Waals surface area contributed by atoms with Crippen molar-refractivity contribution in [2.24, 2.45) is 0 Å². The molecule has 0 fully saturated rings. The van der Waals surface area contributed by atoms with Crippen LogP contribution in [-0.2, 0) is 10.4 Å². The highest BCUT2D eigenvalue weighted by atomic mass is 19.1. The summed E-state index contributed by atoms with van der Waals surface area (Å²) in [7, 11) is 1.56. The van der Waals surface area contributed by atoms with Crippen molar-refractivity contribution in [2.45, 2.75) is 12.5 Å². The molecule has 4 rings (SSSR count). The summed E-state index contributed by atoms with van der Waals surface area (Å²) < 4.78 is 20.3. The number of aryl methyl sites for hydroxylation is 1. The summed E-state index contributed by atoms with van der Waals surface area (Å²) >= 11 is 0. The van der Waals surface area contributed by atoms with Crippen molar-refractivity contribution in [3.05, 3.63) is 65.1 Å². The number of nitrogen functional groups attached to an aromatic ring is 1. The molecular formula is C19H17FN4O3. The quantitative estimate of drug-likeness (QED) is 0.657. The number of hydrogen-bond acceptors (Lipinski definition) is 5. The van der Waals surface area contributed by atoms with E-state index in [2.05, 4.69) is 10.4 Å². The predicted molar refractivity (Wildman–Crippen MR) is 97.3 cm³/mol. The Labute approximate surface area is 154 Å². The third kappa shape index (κ3) is 2.37. The maximum Gasteiger partial charge on any atom is 0.266 e. The number of carbonyl (C=O) groups excluding carboxylic acids is 1. The molecule has 1 aliphatic heterocycles. The van der Waals surface area contributed by atoms with Crippen molar-refractivity contribution in [1.82, 2.24) is 9.78 Å². The Hall–Kier alpha value is -3.39. The first-order chi connectivity index (χ1) is 12.9. The summed E-state index contributed by atoms with van der Waals surface area (Å²) in [6.45, 7) is 1.63. The number of nitrogens with one attached hydrogen (secondary N) is 1. The number of benzene rings is 2. The van der Waals surface area contributed by atoms with Crippen LogP contribution in [-0.4, -0.2) is 27.9 Å². The zero-order valence-electron chi connectivity index (χ0n) is 14.7. The van der Waals surface area contributed by atoms with E-state index in [4.69, 9.17) is 10.5 Å². The molecule has 2 heterocycles. The fraction of sp³-hybridized carbons (Fsp3) is 0.158. The minimum atomic E-state index is -2.13. The smallest absolute Gasteiger partial charge is 0.266 e. The third-order valence-corrected chi connectivity index (χ3v) is 4.72. The van der Waals surface area contributed by atoms with Crippen molar-refractivity contribution in [1.29, 1.82) is 0 Å². The fourth-order valence-electron chi connectivity index (χ4n) is 3.42. The summed E-state index contributed by atoms with van der Waals surface area (Å²) in [4.78, 5) is 12.6. The van der Waals surface area contributed by atoms with E-state index < -0.39 is 17.3 Å². The number of aliphatic hydroxyl groups is 1. The van der Waals surface area contributed by atoms with E-state index in [9.17, 15) is 14.3 Å². The number of rotatable bonds is 3. The van der Waals surface area contributed by atoms with Crippen molar-refractivity contribution < 1.29 is 19.0 Å². The lowest BCUT2D eigenvalue weighted by Gasteiger charge is -2.21. The van der Waals surface area contributed by atoms with E-state index in [1.54, 1.807) is 38.3 Å². The van der Waals surface area contributed by atoms with Crippen LogP contribution in [0.25, 0.3) is 5.69 Å². The number of amides is 1. The summed E-state index contributed by atoms with van der Waals surface area (Å²) in [6.07, 6.45) is 0. The number of hydrogen-bond donors (Lipinski definition) is 3. The highest BCUT2D eigenvalue weighted by Crippen LogP contribution is 2.44. The van der Waals surface area contributed by atoms with Crippen LogP contribution >= 0.6 is 0 Å².